The lowest BCUT2D eigenvalue weighted by Gasteiger charge is -2.21. The normalized spacial score (nSPS) is 12.5. The van der Waals surface area contributed by atoms with Gasteiger partial charge in [0, 0.05) is 18.3 Å². The molecule has 3 nitrogen and oxygen atoms in total. The number of ether oxygens (including phenoxy) is 1. The van der Waals surface area contributed by atoms with Crippen LogP contribution in [0.5, 0.6) is 5.75 Å². The van der Waals surface area contributed by atoms with Gasteiger partial charge in [0.05, 0.1) is 7.11 Å². The second kappa shape index (κ2) is 7.17. The van der Waals surface area contributed by atoms with Crippen molar-refractivity contribution in [3.05, 3.63) is 24.3 Å². The van der Waals surface area contributed by atoms with Gasteiger partial charge in [0.25, 0.3) is 0 Å². The maximum absolute atomic E-state index is 5.20. The molecule has 0 bridgehead atoms. The van der Waals surface area contributed by atoms with Crippen molar-refractivity contribution in [2.45, 2.75) is 13.8 Å². The van der Waals surface area contributed by atoms with E-state index in [1.807, 2.05) is 25.2 Å². The number of hydrogen-bond donors (Lipinski definition) is 2. The minimum atomic E-state index is 0.631. The average molecular weight is 236 g/mol. The van der Waals surface area contributed by atoms with Crippen LogP contribution in [0.2, 0.25) is 0 Å². The minimum absolute atomic E-state index is 0.631. The summed E-state index contributed by atoms with van der Waals surface area (Å²) < 4.78 is 5.20. The van der Waals surface area contributed by atoms with Crippen LogP contribution in [0.4, 0.5) is 5.69 Å². The summed E-state index contributed by atoms with van der Waals surface area (Å²) in [6.07, 6.45) is 0. The molecule has 96 valence electrons. The van der Waals surface area contributed by atoms with E-state index in [9.17, 15) is 0 Å². The fourth-order valence-corrected chi connectivity index (χ4v) is 1.79. The van der Waals surface area contributed by atoms with Crippen molar-refractivity contribution in [2.75, 3.05) is 32.6 Å². The number of nitrogens with one attached hydrogen (secondary N) is 2. The number of methoxy groups -OCH3 is 1. The van der Waals surface area contributed by atoms with Gasteiger partial charge in [-0.3, -0.25) is 0 Å². The van der Waals surface area contributed by atoms with Gasteiger partial charge in [0.1, 0.15) is 5.75 Å². The van der Waals surface area contributed by atoms with Crippen LogP contribution in [0.15, 0.2) is 24.3 Å². The molecule has 17 heavy (non-hydrogen) atoms. The number of anilines is 1. The molecule has 0 amide bonds. The van der Waals surface area contributed by atoms with Crippen LogP contribution in [0.3, 0.4) is 0 Å². The highest BCUT2D eigenvalue weighted by molar-refractivity contribution is 5.48. The summed E-state index contributed by atoms with van der Waals surface area (Å²) in [4.78, 5) is 0. The molecule has 0 saturated heterocycles. The summed E-state index contributed by atoms with van der Waals surface area (Å²) in [6, 6.07) is 8.05. The molecule has 1 atom stereocenters. The molecule has 1 aromatic rings. The van der Waals surface area contributed by atoms with Gasteiger partial charge in [0.15, 0.2) is 0 Å². The molecule has 3 heteroatoms. The molecule has 0 aliphatic rings. The largest absolute Gasteiger partial charge is 0.497 e. The molecule has 2 N–H and O–H groups in total. The van der Waals surface area contributed by atoms with Gasteiger partial charge < -0.3 is 15.4 Å². The topological polar surface area (TPSA) is 33.3 Å². The zero-order valence-corrected chi connectivity index (χ0v) is 11.3. The summed E-state index contributed by atoms with van der Waals surface area (Å²) in [7, 11) is 3.69. The monoisotopic (exact) mass is 236 g/mol. The molecule has 0 fully saturated rings. The number of benzene rings is 1. The first-order valence-electron chi connectivity index (χ1n) is 6.20. The average Bonchev–Trinajstić information content (AvgIpc) is 2.34. The molecule has 0 heterocycles. The Bertz CT molecular complexity index is 326. The van der Waals surface area contributed by atoms with Crippen molar-refractivity contribution in [1.29, 1.82) is 0 Å². The van der Waals surface area contributed by atoms with Crippen molar-refractivity contribution in [3.63, 3.8) is 0 Å². The Balaban J connectivity index is 2.52. The van der Waals surface area contributed by atoms with Crippen LogP contribution in [0, 0.1) is 11.8 Å². The first kappa shape index (κ1) is 13.8. The van der Waals surface area contributed by atoms with Crippen LogP contribution in [-0.4, -0.2) is 27.2 Å². The smallest absolute Gasteiger partial charge is 0.120 e. The highest BCUT2D eigenvalue weighted by Gasteiger charge is 2.11. The van der Waals surface area contributed by atoms with Crippen molar-refractivity contribution < 1.29 is 4.74 Å². The van der Waals surface area contributed by atoms with Crippen LogP contribution in [0.1, 0.15) is 13.8 Å². The van der Waals surface area contributed by atoms with Crippen LogP contribution in [0.25, 0.3) is 0 Å². The second-order valence-electron chi connectivity index (χ2n) is 4.67. The van der Waals surface area contributed by atoms with Gasteiger partial charge in [-0.25, -0.2) is 0 Å². The molecule has 0 aliphatic carbocycles. The van der Waals surface area contributed by atoms with Crippen molar-refractivity contribution in [1.82, 2.24) is 5.32 Å². The summed E-state index contributed by atoms with van der Waals surface area (Å²) in [5, 5.41) is 6.71. The molecule has 0 aromatic heterocycles. The molecule has 0 radical (unpaired) electrons. The summed E-state index contributed by atoms with van der Waals surface area (Å²) in [5.74, 6) is 2.19. The van der Waals surface area contributed by atoms with E-state index in [2.05, 4.69) is 30.5 Å². The fraction of sp³-hybridized carbons (Fsp3) is 0.571. The Kier molecular flexibility index (Phi) is 5.84. The van der Waals surface area contributed by atoms with E-state index in [1.54, 1.807) is 7.11 Å². The molecule has 1 rings (SSSR count). The Morgan fingerprint density at radius 1 is 1.24 bits per heavy atom. The summed E-state index contributed by atoms with van der Waals surface area (Å²) in [6.45, 7) is 6.53. The van der Waals surface area contributed by atoms with E-state index in [0.717, 1.165) is 24.5 Å². The third kappa shape index (κ3) is 4.65. The molecule has 0 saturated carbocycles. The van der Waals surface area contributed by atoms with E-state index in [-0.39, 0.29) is 0 Å². The first-order valence-corrected chi connectivity index (χ1v) is 6.20. The standard InChI is InChI=1S/C14H24N2O/c1-11(2)12(9-15-3)10-16-13-6-5-7-14(8-13)17-4/h5-8,11-12,15-16H,9-10H2,1-4H3. The van der Waals surface area contributed by atoms with Gasteiger partial charge >= 0.3 is 0 Å². The maximum Gasteiger partial charge on any atom is 0.120 e. The highest BCUT2D eigenvalue weighted by Crippen LogP contribution is 2.18. The fourth-order valence-electron chi connectivity index (χ4n) is 1.79. The lowest BCUT2D eigenvalue weighted by atomic mass is 9.95. The van der Waals surface area contributed by atoms with Crippen molar-refractivity contribution >= 4 is 5.69 Å². The minimum Gasteiger partial charge on any atom is -0.497 e. The quantitative estimate of drug-likeness (QED) is 0.763. The highest BCUT2D eigenvalue weighted by atomic mass is 16.5. The SMILES string of the molecule is CNCC(CNc1cccc(OC)c1)C(C)C. The molecule has 0 aliphatic heterocycles. The zero-order valence-electron chi connectivity index (χ0n) is 11.3. The predicted octanol–water partition coefficient (Wildman–Crippen LogP) is 2.60. The van der Waals surface area contributed by atoms with Gasteiger partial charge in [0.2, 0.25) is 0 Å². The first-order chi connectivity index (χ1) is 8.17. The zero-order chi connectivity index (χ0) is 12.7. The Hall–Kier alpha value is -1.22. The Morgan fingerprint density at radius 2 is 2.00 bits per heavy atom. The van der Waals surface area contributed by atoms with Crippen molar-refractivity contribution in [2.24, 2.45) is 11.8 Å². The maximum atomic E-state index is 5.20. The summed E-state index contributed by atoms with van der Waals surface area (Å²) in [5.41, 5.74) is 1.12. The third-order valence-electron chi connectivity index (χ3n) is 3.05. The second-order valence-corrected chi connectivity index (χ2v) is 4.67. The van der Waals surface area contributed by atoms with E-state index in [1.165, 1.54) is 0 Å². The third-order valence-corrected chi connectivity index (χ3v) is 3.05. The number of hydrogen-bond acceptors (Lipinski definition) is 3. The lowest BCUT2D eigenvalue weighted by molar-refractivity contribution is 0.390. The predicted molar refractivity (Wildman–Crippen MR) is 73.7 cm³/mol. The molecule has 1 unspecified atom stereocenters. The summed E-state index contributed by atoms with van der Waals surface area (Å²) >= 11 is 0. The van der Waals surface area contributed by atoms with Crippen LogP contribution in [-0.2, 0) is 0 Å². The van der Waals surface area contributed by atoms with Crippen LogP contribution >= 0.6 is 0 Å². The van der Waals surface area contributed by atoms with E-state index < -0.39 is 0 Å². The Labute approximate surface area is 105 Å². The van der Waals surface area contributed by atoms with Gasteiger partial charge in [-0.15, -0.1) is 0 Å². The van der Waals surface area contributed by atoms with Gasteiger partial charge in [-0.1, -0.05) is 19.9 Å². The van der Waals surface area contributed by atoms with Crippen LogP contribution < -0.4 is 15.4 Å². The van der Waals surface area contributed by atoms with E-state index >= 15 is 0 Å². The molecular formula is C14H24N2O. The lowest BCUT2D eigenvalue weighted by Crippen LogP contribution is -2.29. The molecule has 1 aromatic carbocycles. The van der Waals surface area contributed by atoms with E-state index in [0.29, 0.717) is 11.8 Å². The number of rotatable bonds is 7. The van der Waals surface area contributed by atoms with Gasteiger partial charge in [-0.2, -0.15) is 0 Å². The van der Waals surface area contributed by atoms with E-state index in [4.69, 9.17) is 4.74 Å². The van der Waals surface area contributed by atoms with Gasteiger partial charge in [-0.05, 0) is 37.6 Å². The van der Waals surface area contributed by atoms with Crippen molar-refractivity contribution in [3.8, 4) is 5.75 Å². The molecular weight excluding hydrogens is 212 g/mol. The Morgan fingerprint density at radius 3 is 2.59 bits per heavy atom. The molecule has 0 spiro atoms.